The second kappa shape index (κ2) is 11.1. The molecule has 7 heteroatoms. The van der Waals surface area contributed by atoms with Crippen molar-refractivity contribution >= 4 is 23.5 Å². The molecule has 4 aromatic rings. The number of halogens is 2. The summed E-state index contributed by atoms with van der Waals surface area (Å²) in [6.07, 6.45) is 0.196. The van der Waals surface area contributed by atoms with Crippen molar-refractivity contribution in [3.63, 3.8) is 0 Å². The number of amides is 1. The van der Waals surface area contributed by atoms with Gasteiger partial charge < -0.3 is 15.2 Å². The van der Waals surface area contributed by atoms with Gasteiger partial charge in [0.05, 0.1) is 17.7 Å². The average molecular weight is 504 g/mol. The van der Waals surface area contributed by atoms with Crippen LogP contribution >= 0.6 is 11.6 Å². The summed E-state index contributed by atoms with van der Waals surface area (Å²) >= 11 is 5.88. The van der Waals surface area contributed by atoms with Crippen molar-refractivity contribution in [1.29, 1.82) is 0 Å². The van der Waals surface area contributed by atoms with Crippen molar-refractivity contribution in [2.24, 2.45) is 0 Å². The molecular weight excluding hydrogens is 481 g/mol. The van der Waals surface area contributed by atoms with Crippen LogP contribution in [0.1, 0.15) is 15.9 Å². The molecule has 4 rings (SSSR count). The standard InChI is InChI=1S/C29H23ClFNO4/c1-36-29(35)26(15-18-7-9-20(10-8-18)19-5-3-2-4-6-19)32-28(34)23-16-21(12-14-27(23)33)22-11-13-25(31)24(30)17-22/h2-14,16-17,26,33H,15H2,1H3,(H,32,34). The van der Waals surface area contributed by atoms with Crippen LogP contribution in [-0.2, 0) is 16.0 Å². The summed E-state index contributed by atoms with van der Waals surface area (Å²) in [6.45, 7) is 0. The van der Waals surface area contributed by atoms with Gasteiger partial charge in [-0.25, -0.2) is 9.18 Å². The van der Waals surface area contributed by atoms with E-state index in [4.69, 9.17) is 16.3 Å². The van der Waals surface area contributed by atoms with Crippen LogP contribution in [0, 0.1) is 5.82 Å². The fourth-order valence-electron chi connectivity index (χ4n) is 3.84. The Morgan fingerprint density at radius 1 is 0.889 bits per heavy atom. The largest absolute Gasteiger partial charge is 0.507 e. The normalized spacial score (nSPS) is 11.5. The molecule has 182 valence electrons. The van der Waals surface area contributed by atoms with Crippen molar-refractivity contribution < 1.29 is 23.8 Å². The smallest absolute Gasteiger partial charge is 0.328 e. The van der Waals surface area contributed by atoms with E-state index in [-0.39, 0.29) is 22.8 Å². The van der Waals surface area contributed by atoms with Gasteiger partial charge in [0.15, 0.2) is 0 Å². The number of hydrogen-bond acceptors (Lipinski definition) is 4. The Hall–Kier alpha value is -4.16. The number of methoxy groups -OCH3 is 1. The maximum absolute atomic E-state index is 13.5. The number of carbonyl (C=O) groups is 2. The number of phenolic OH excluding ortho intramolecular Hbond substituents is 1. The third kappa shape index (κ3) is 5.73. The zero-order chi connectivity index (χ0) is 25.7. The van der Waals surface area contributed by atoms with Crippen molar-refractivity contribution in [3.05, 3.63) is 113 Å². The molecule has 0 aliphatic rings. The molecule has 0 fully saturated rings. The molecule has 36 heavy (non-hydrogen) atoms. The molecule has 0 spiro atoms. The molecule has 0 bridgehead atoms. The van der Waals surface area contributed by atoms with Gasteiger partial charge in [-0.3, -0.25) is 4.79 Å². The summed E-state index contributed by atoms with van der Waals surface area (Å²) in [5.41, 5.74) is 4.00. The van der Waals surface area contributed by atoms with Crippen LogP contribution in [0.2, 0.25) is 5.02 Å². The summed E-state index contributed by atoms with van der Waals surface area (Å²) in [5.74, 6) is -2.09. The Kier molecular flexibility index (Phi) is 7.66. The first-order valence-electron chi connectivity index (χ1n) is 11.2. The fourth-order valence-corrected chi connectivity index (χ4v) is 4.02. The van der Waals surface area contributed by atoms with E-state index in [1.54, 1.807) is 6.07 Å². The van der Waals surface area contributed by atoms with Gasteiger partial charge in [-0.15, -0.1) is 0 Å². The highest BCUT2D eigenvalue weighted by Gasteiger charge is 2.24. The maximum atomic E-state index is 13.5. The molecule has 1 unspecified atom stereocenters. The first-order valence-corrected chi connectivity index (χ1v) is 11.5. The molecule has 1 amide bonds. The summed E-state index contributed by atoms with van der Waals surface area (Å²) in [6, 6.07) is 25.2. The van der Waals surface area contributed by atoms with Crippen molar-refractivity contribution in [2.75, 3.05) is 7.11 Å². The van der Waals surface area contributed by atoms with E-state index in [9.17, 15) is 19.1 Å². The van der Waals surface area contributed by atoms with Gasteiger partial charge in [0.25, 0.3) is 5.91 Å². The van der Waals surface area contributed by atoms with E-state index >= 15 is 0 Å². The lowest BCUT2D eigenvalue weighted by atomic mass is 9.99. The third-order valence-electron chi connectivity index (χ3n) is 5.79. The number of ether oxygens (including phenoxy) is 1. The molecule has 0 saturated carbocycles. The minimum absolute atomic E-state index is 0.0405. The highest BCUT2D eigenvalue weighted by atomic mass is 35.5. The van der Waals surface area contributed by atoms with Crippen LogP contribution in [0.5, 0.6) is 5.75 Å². The van der Waals surface area contributed by atoms with Gasteiger partial charge in [-0.05, 0) is 52.1 Å². The lowest BCUT2D eigenvalue weighted by molar-refractivity contribution is -0.142. The molecule has 4 aromatic carbocycles. The zero-order valence-electron chi connectivity index (χ0n) is 19.4. The van der Waals surface area contributed by atoms with Crippen LogP contribution in [0.3, 0.4) is 0 Å². The molecule has 0 radical (unpaired) electrons. The van der Waals surface area contributed by atoms with E-state index < -0.39 is 23.7 Å². The summed E-state index contributed by atoms with van der Waals surface area (Å²) < 4.78 is 18.4. The van der Waals surface area contributed by atoms with Crippen molar-refractivity contribution in [2.45, 2.75) is 12.5 Å². The molecule has 2 N–H and O–H groups in total. The number of carbonyl (C=O) groups excluding carboxylic acids is 2. The minimum atomic E-state index is -0.978. The minimum Gasteiger partial charge on any atom is -0.507 e. The number of rotatable bonds is 7. The summed E-state index contributed by atoms with van der Waals surface area (Å²) in [7, 11) is 1.25. The van der Waals surface area contributed by atoms with Gasteiger partial charge in [0, 0.05) is 6.42 Å². The molecular formula is C29H23ClFNO4. The monoisotopic (exact) mass is 503 g/mol. The van der Waals surface area contributed by atoms with Crippen LogP contribution in [0.4, 0.5) is 4.39 Å². The van der Waals surface area contributed by atoms with Gasteiger partial charge in [-0.2, -0.15) is 0 Å². The van der Waals surface area contributed by atoms with Gasteiger partial charge >= 0.3 is 5.97 Å². The van der Waals surface area contributed by atoms with E-state index in [0.29, 0.717) is 11.1 Å². The molecule has 0 aromatic heterocycles. The SMILES string of the molecule is COC(=O)C(Cc1ccc(-c2ccccc2)cc1)NC(=O)c1cc(-c2ccc(F)c(Cl)c2)ccc1O. The van der Waals surface area contributed by atoms with Crippen molar-refractivity contribution in [3.8, 4) is 28.0 Å². The fraction of sp³-hybridized carbons (Fsp3) is 0.103. The second-order valence-electron chi connectivity index (χ2n) is 8.18. The number of phenols is 1. The van der Waals surface area contributed by atoms with Crippen LogP contribution in [-0.4, -0.2) is 30.1 Å². The Morgan fingerprint density at radius 3 is 2.17 bits per heavy atom. The van der Waals surface area contributed by atoms with E-state index in [2.05, 4.69) is 5.32 Å². The molecule has 5 nitrogen and oxygen atoms in total. The molecule has 1 atom stereocenters. The summed E-state index contributed by atoms with van der Waals surface area (Å²) in [5, 5.41) is 12.9. The maximum Gasteiger partial charge on any atom is 0.328 e. The predicted molar refractivity (Wildman–Crippen MR) is 137 cm³/mol. The lowest BCUT2D eigenvalue weighted by Gasteiger charge is -2.18. The zero-order valence-corrected chi connectivity index (χ0v) is 20.1. The van der Waals surface area contributed by atoms with Gasteiger partial charge in [0.2, 0.25) is 0 Å². The Bertz CT molecular complexity index is 1390. The molecule has 0 aliphatic heterocycles. The number of hydrogen-bond donors (Lipinski definition) is 2. The first-order chi connectivity index (χ1) is 17.4. The molecule has 0 heterocycles. The summed E-state index contributed by atoms with van der Waals surface area (Å²) in [4.78, 5) is 25.5. The molecule has 0 saturated heterocycles. The number of benzene rings is 4. The predicted octanol–water partition coefficient (Wildman–Crippen LogP) is 6.03. The van der Waals surface area contributed by atoms with E-state index in [1.807, 2.05) is 54.6 Å². The topological polar surface area (TPSA) is 75.6 Å². The van der Waals surface area contributed by atoms with Crippen LogP contribution < -0.4 is 5.32 Å². The Labute approximate surface area is 213 Å². The quantitative estimate of drug-likeness (QED) is 0.302. The first kappa shape index (κ1) is 24.9. The highest BCUT2D eigenvalue weighted by Crippen LogP contribution is 2.29. The number of nitrogens with one attached hydrogen (secondary N) is 1. The van der Waals surface area contributed by atoms with Crippen LogP contribution in [0.25, 0.3) is 22.3 Å². The number of esters is 1. The van der Waals surface area contributed by atoms with Gasteiger partial charge in [-0.1, -0.05) is 78.3 Å². The highest BCUT2D eigenvalue weighted by molar-refractivity contribution is 6.31. The van der Waals surface area contributed by atoms with Crippen LogP contribution in [0.15, 0.2) is 91.0 Å². The second-order valence-corrected chi connectivity index (χ2v) is 8.58. The van der Waals surface area contributed by atoms with Gasteiger partial charge in [0.1, 0.15) is 17.6 Å². The average Bonchev–Trinajstić information content (AvgIpc) is 2.90. The Balaban J connectivity index is 1.54. The lowest BCUT2D eigenvalue weighted by Crippen LogP contribution is -2.43. The third-order valence-corrected chi connectivity index (χ3v) is 6.08. The Morgan fingerprint density at radius 2 is 1.50 bits per heavy atom. The molecule has 0 aliphatic carbocycles. The van der Waals surface area contributed by atoms with Crippen molar-refractivity contribution in [1.82, 2.24) is 5.32 Å². The van der Waals surface area contributed by atoms with E-state index in [0.717, 1.165) is 16.7 Å². The number of aromatic hydroxyl groups is 1. The van der Waals surface area contributed by atoms with E-state index in [1.165, 1.54) is 37.4 Å².